The molecule has 0 fully saturated rings. The summed E-state index contributed by atoms with van der Waals surface area (Å²) in [5.41, 5.74) is 4.72. The minimum Gasteiger partial charge on any atom is -0.0791 e. The van der Waals surface area contributed by atoms with E-state index in [0.717, 1.165) is 16.8 Å². The molecule has 3 aromatic carbocycles. The van der Waals surface area contributed by atoms with Gasteiger partial charge < -0.3 is 0 Å². The molecule has 0 aliphatic rings. The Bertz CT molecular complexity index is 787. The smallest absolute Gasteiger partial charge is 0.0485 e. The van der Waals surface area contributed by atoms with Crippen LogP contribution < -0.4 is 0 Å². The number of allylic oxidation sites excluding steroid dienone is 1. The summed E-state index contributed by atoms with van der Waals surface area (Å²) in [6.45, 7) is 0. The molecule has 1 heteroatoms. The highest BCUT2D eigenvalue weighted by Crippen LogP contribution is 2.18. The van der Waals surface area contributed by atoms with Gasteiger partial charge in [0.15, 0.2) is 0 Å². The molecule has 112 valence electrons. The van der Waals surface area contributed by atoms with Crippen molar-refractivity contribution < 1.29 is 0 Å². The van der Waals surface area contributed by atoms with Gasteiger partial charge >= 0.3 is 0 Å². The first kappa shape index (κ1) is 15.4. The van der Waals surface area contributed by atoms with Gasteiger partial charge in [-0.2, -0.15) is 0 Å². The van der Waals surface area contributed by atoms with Gasteiger partial charge in [0.2, 0.25) is 0 Å². The molecule has 0 saturated heterocycles. The molecule has 0 N–H and O–H groups in total. The van der Waals surface area contributed by atoms with E-state index in [1.165, 1.54) is 16.7 Å². The highest BCUT2D eigenvalue weighted by Gasteiger charge is 2.09. The van der Waals surface area contributed by atoms with Crippen LogP contribution in [-0.4, -0.2) is 4.86 Å². The second-order valence-corrected chi connectivity index (χ2v) is 5.85. The maximum Gasteiger partial charge on any atom is 0.0485 e. The van der Waals surface area contributed by atoms with Crippen molar-refractivity contribution in [1.29, 1.82) is 0 Å². The molecule has 0 bridgehead atoms. The number of thiocarbonyl (C=S) groups is 1. The summed E-state index contributed by atoms with van der Waals surface area (Å²) in [6.07, 6.45) is 3.03. The SMILES string of the molecule is S=C(C(=Cc1ccccc1)Cc1ccccc1)c1ccccc1. The van der Waals surface area contributed by atoms with Gasteiger partial charge in [0.05, 0.1) is 0 Å². The molecule has 0 saturated carbocycles. The van der Waals surface area contributed by atoms with E-state index < -0.39 is 0 Å². The summed E-state index contributed by atoms with van der Waals surface area (Å²) >= 11 is 5.77. The largest absolute Gasteiger partial charge is 0.0791 e. The lowest BCUT2D eigenvalue weighted by Gasteiger charge is -2.11. The Hall–Kier alpha value is -2.51. The molecule has 0 amide bonds. The van der Waals surface area contributed by atoms with Crippen molar-refractivity contribution in [3.05, 3.63) is 113 Å². The predicted molar refractivity (Wildman–Crippen MR) is 103 cm³/mol. The summed E-state index contributed by atoms with van der Waals surface area (Å²) in [5, 5.41) is 0. The van der Waals surface area contributed by atoms with Crippen molar-refractivity contribution in [2.45, 2.75) is 6.42 Å². The monoisotopic (exact) mass is 314 g/mol. The Kier molecular flexibility index (Phi) is 5.13. The Morgan fingerprint density at radius 3 is 1.83 bits per heavy atom. The van der Waals surface area contributed by atoms with E-state index in [0.29, 0.717) is 0 Å². The first-order valence-corrected chi connectivity index (χ1v) is 8.13. The Morgan fingerprint density at radius 2 is 1.22 bits per heavy atom. The summed E-state index contributed by atoms with van der Waals surface area (Å²) < 4.78 is 0. The molecule has 0 atom stereocenters. The van der Waals surface area contributed by atoms with Crippen molar-refractivity contribution in [3.63, 3.8) is 0 Å². The first-order chi connectivity index (χ1) is 11.3. The minimum atomic E-state index is 0.837. The number of hydrogen-bond acceptors (Lipinski definition) is 1. The summed E-state index contributed by atoms with van der Waals surface area (Å²) in [5.74, 6) is 0. The lowest BCUT2D eigenvalue weighted by atomic mass is 9.96. The molecule has 3 aromatic rings. The Balaban J connectivity index is 1.96. The Labute approximate surface area is 143 Å². The molecule has 0 heterocycles. The highest BCUT2D eigenvalue weighted by atomic mass is 32.1. The average Bonchev–Trinajstić information content (AvgIpc) is 2.63. The second-order valence-electron chi connectivity index (χ2n) is 5.44. The van der Waals surface area contributed by atoms with Crippen molar-refractivity contribution in [1.82, 2.24) is 0 Å². The molecule has 23 heavy (non-hydrogen) atoms. The van der Waals surface area contributed by atoms with Crippen LogP contribution in [0.2, 0.25) is 0 Å². The van der Waals surface area contributed by atoms with E-state index in [-0.39, 0.29) is 0 Å². The third-order valence-electron chi connectivity index (χ3n) is 3.71. The van der Waals surface area contributed by atoms with Crippen LogP contribution in [0.25, 0.3) is 6.08 Å². The highest BCUT2D eigenvalue weighted by molar-refractivity contribution is 7.81. The third-order valence-corrected chi connectivity index (χ3v) is 4.20. The minimum absolute atomic E-state index is 0.837. The molecule has 0 spiro atoms. The van der Waals surface area contributed by atoms with Crippen LogP contribution in [0.5, 0.6) is 0 Å². The topological polar surface area (TPSA) is 0 Å². The van der Waals surface area contributed by atoms with Gasteiger partial charge in [-0.25, -0.2) is 0 Å². The van der Waals surface area contributed by atoms with Crippen LogP contribution in [0.1, 0.15) is 16.7 Å². The maximum atomic E-state index is 5.77. The van der Waals surface area contributed by atoms with Gasteiger partial charge in [0.1, 0.15) is 0 Å². The van der Waals surface area contributed by atoms with Gasteiger partial charge in [-0.15, -0.1) is 0 Å². The van der Waals surface area contributed by atoms with E-state index in [4.69, 9.17) is 12.2 Å². The van der Waals surface area contributed by atoms with Crippen molar-refractivity contribution in [3.8, 4) is 0 Å². The Morgan fingerprint density at radius 1 is 0.696 bits per heavy atom. The lowest BCUT2D eigenvalue weighted by molar-refractivity contribution is 1.24. The summed E-state index contributed by atoms with van der Waals surface area (Å²) in [6, 6.07) is 31.1. The van der Waals surface area contributed by atoms with Crippen LogP contribution in [0.15, 0.2) is 96.6 Å². The number of hydrogen-bond donors (Lipinski definition) is 0. The fourth-order valence-electron chi connectivity index (χ4n) is 2.54. The zero-order valence-corrected chi connectivity index (χ0v) is 13.7. The van der Waals surface area contributed by atoms with Gasteiger partial charge in [-0.1, -0.05) is 103 Å². The fourth-order valence-corrected chi connectivity index (χ4v) is 2.81. The van der Waals surface area contributed by atoms with Gasteiger partial charge in [0, 0.05) is 4.86 Å². The van der Waals surface area contributed by atoms with Gasteiger partial charge in [-0.3, -0.25) is 0 Å². The quantitative estimate of drug-likeness (QED) is 0.329. The van der Waals surface area contributed by atoms with E-state index in [1.54, 1.807) is 0 Å². The number of rotatable bonds is 5. The summed E-state index contributed by atoms with van der Waals surface area (Å²) in [4.78, 5) is 0.915. The number of benzene rings is 3. The van der Waals surface area contributed by atoms with Crippen molar-refractivity contribution >= 4 is 23.2 Å². The van der Waals surface area contributed by atoms with E-state index in [1.807, 2.05) is 30.3 Å². The van der Waals surface area contributed by atoms with Crippen LogP contribution in [-0.2, 0) is 6.42 Å². The zero-order valence-electron chi connectivity index (χ0n) is 12.9. The molecule has 0 aliphatic heterocycles. The summed E-state index contributed by atoms with van der Waals surface area (Å²) in [7, 11) is 0. The van der Waals surface area contributed by atoms with Crippen molar-refractivity contribution in [2.75, 3.05) is 0 Å². The predicted octanol–water partition coefficient (Wildman–Crippen LogP) is 5.73. The standard InChI is InChI=1S/C22H18S/c23-22(20-14-8-3-9-15-20)21(16-18-10-4-1-5-11-18)17-19-12-6-2-7-13-19/h1-16H,17H2. The maximum absolute atomic E-state index is 5.77. The van der Waals surface area contributed by atoms with Crippen LogP contribution >= 0.6 is 12.2 Å². The van der Waals surface area contributed by atoms with Crippen LogP contribution in [0.4, 0.5) is 0 Å². The van der Waals surface area contributed by atoms with Crippen LogP contribution in [0, 0.1) is 0 Å². The van der Waals surface area contributed by atoms with Gasteiger partial charge in [-0.05, 0) is 34.8 Å². The van der Waals surface area contributed by atoms with E-state index in [9.17, 15) is 0 Å². The van der Waals surface area contributed by atoms with Gasteiger partial charge in [0.25, 0.3) is 0 Å². The third kappa shape index (κ3) is 4.24. The average molecular weight is 314 g/mol. The molecular weight excluding hydrogens is 296 g/mol. The lowest BCUT2D eigenvalue weighted by Crippen LogP contribution is -2.05. The first-order valence-electron chi connectivity index (χ1n) is 7.72. The van der Waals surface area contributed by atoms with Crippen LogP contribution in [0.3, 0.4) is 0 Å². The van der Waals surface area contributed by atoms with E-state index in [2.05, 4.69) is 66.7 Å². The second kappa shape index (κ2) is 7.66. The molecule has 0 radical (unpaired) electrons. The molecule has 0 unspecified atom stereocenters. The molecule has 3 rings (SSSR count). The zero-order chi connectivity index (χ0) is 15.9. The van der Waals surface area contributed by atoms with E-state index >= 15 is 0 Å². The normalized spacial score (nSPS) is 11.2. The molecule has 0 nitrogen and oxygen atoms in total. The molecule has 0 aromatic heterocycles. The molecule has 0 aliphatic carbocycles. The molecular formula is C22H18S. The fraction of sp³-hybridized carbons (Fsp3) is 0.0455. The van der Waals surface area contributed by atoms with Crippen molar-refractivity contribution in [2.24, 2.45) is 0 Å².